The quantitative estimate of drug-likeness (QED) is 0.509. The Morgan fingerprint density at radius 2 is 1.79 bits per heavy atom. The predicted molar refractivity (Wildman–Crippen MR) is 118 cm³/mol. The second kappa shape index (κ2) is 10.3. The van der Waals surface area contributed by atoms with Gasteiger partial charge in [-0.2, -0.15) is 0 Å². The molecular weight excluding hydrogens is 386 g/mol. The molecule has 0 fully saturated rings. The van der Waals surface area contributed by atoms with Crippen LogP contribution in [0.25, 0.3) is 0 Å². The zero-order valence-electron chi connectivity index (χ0n) is 17.8. The van der Waals surface area contributed by atoms with Crippen LogP contribution in [0, 0.1) is 13.8 Å². The maximum Gasteiger partial charge on any atom is 0.191 e. The number of aryl methyl sites for hydroxylation is 2. The standard InChI is InChI=1S/C22H31N3O3S/c1-6-23-22(24-14-18(4)28-20-10-7-16(2)8-11-20)25-15-19-9-12-21(17(3)13-19)29(5,26)27/h7-13,18H,6,14-15H2,1-5H3,(H2,23,24,25). The van der Waals surface area contributed by atoms with Crippen molar-refractivity contribution in [3.8, 4) is 5.75 Å². The highest BCUT2D eigenvalue weighted by Gasteiger charge is 2.11. The minimum Gasteiger partial charge on any atom is -0.489 e. The average Bonchev–Trinajstić information content (AvgIpc) is 2.65. The van der Waals surface area contributed by atoms with E-state index in [0.717, 1.165) is 23.4 Å². The topological polar surface area (TPSA) is 79.8 Å². The fourth-order valence-corrected chi connectivity index (χ4v) is 3.83. The lowest BCUT2D eigenvalue weighted by molar-refractivity contribution is 0.224. The maximum atomic E-state index is 11.8. The number of guanidine groups is 1. The van der Waals surface area contributed by atoms with Gasteiger partial charge < -0.3 is 15.4 Å². The number of nitrogens with one attached hydrogen (secondary N) is 2. The summed E-state index contributed by atoms with van der Waals surface area (Å²) in [5, 5.41) is 6.51. The van der Waals surface area contributed by atoms with Crippen molar-refractivity contribution < 1.29 is 13.2 Å². The number of benzene rings is 2. The number of aliphatic imine (C=N–C) groups is 1. The molecule has 29 heavy (non-hydrogen) atoms. The summed E-state index contributed by atoms with van der Waals surface area (Å²) in [5.74, 6) is 1.53. The predicted octanol–water partition coefficient (Wildman–Crippen LogP) is 3.23. The van der Waals surface area contributed by atoms with Crippen LogP contribution < -0.4 is 15.4 Å². The smallest absolute Gasteiger partial charge is 0.191 e. The second-order valence-electron chi connectivity index (χ2n) is 7.19. The molecule has 0 saturated carbocycles. The van der Waals surface area contributed by atoms with E-state index in [1.807, 2.05) is 51.1 Å². The van der Waals surface area contributed by atoms with Gasteiger partial charge in [-0.3, -0.25) is 0 Å². The SMILES string of the molecule is CCNC(=NCc1ccc(S(C)(=O)=O)c(C)c1)NCC(C)Oc1ccc(C)cc1. The van der Waals surface area contributed by atoms with Crippen LogP contribution in [0.15, 0.2) is 52.4 Å². The minimum absolute atomic E-state index is 0.0298. The Morgan fingerprint density at radius 3 is 2.38 bits per heavy atom. The molecule has 0 aromatic heterocycles. The second-order valence-corrected chi connectivity index (χ2v) is 9.17. The maximum absolute atomic E-state index is 11.8. The monoisotopic (exact) mass is 417 g/mol. The molecule has 0 aliphatic rings. The van der Waals surface area contributed by atoms with Crippen LogP contribution in [0.2, 0.25) is 0 Å². The first kappa shape index (κ1) is 22.7. The molecule has 0 amide bonds. The number of hydrogen-bond donors (Lipinski definition) is 2. The Bertz CT molecular complexity index is 938. The zero-order valence-corrected chi connectivity index (χ0v) is 18.6. The van der Waals surface area contributed by atoms with Crippen molar-refractivity contribution >= 4 is 15.8 Å². The lowest BCUT2D eigenvalue weighted by Crippen LogP contribution is -2.41. The molecule has 2 rings (SSSR count). The molecule has 7 heteroatoms. The van der Waals surface area contributed by atoms with Crippen LogP contribution in [0.3, 0.4) is 0 Å². The van der Waals surface area contributed by atoms with Gasteiger partial charge in [0.05, 0.1) is 18.0 Å². The van der Waals surface area contributed by atoms with Gasteiger partial charge in [-0.25, -0.2) is 13.4 Å². The highest BCUT2D eigenvalue weighted by Crippen LogP contribution is 2.17. The van der Waals surface area contributed by atoms with Crippen LogP contribution in [-0.4, -0.2) is 39.8 Å². The van der Waals surface area contributed by atoms with E-state index in [4.69, 9.17) is 4.74 Å². The number of nitrogens with zero attached hydrogens (tertiary/aromatic N) is 1. The molecule has 158 valence electrons. The van der Waals surface area contributed by atoms with E-state index in [9.17, 15) is 8.42 Å². The molecule has 0 spiro atoms. The Kier molecular flexibility index (Phi) is 8.08. The van der Waals surface area contributed by atoms with E-state index in [2.05, 4.69) is 15.6 Å². The molecule has 0 bridgehead atoms. The van der Waals surface area contributed by atoms with Crippen molar-refractivity contribution in [2.24, 2.45) is 4.99 Å². The van der Waals surface area contributed by atoms with E-state index in [1.54, 1.807) is 19.1 Å². The van der Waals surface area contributed by atoms with E-state index >= 15 is 0 Å². The Balaban J connectivity index is 1.97. The van der Waals surface area contributed by atoms with Crippen molar-refractivity contribution in [3.63, 3.8) is 0 Å². The summed E-state index contributed by atoms with van der Waals surface area (Å²) in [7, 11) is -3.21. The summed E-state index contributed by atoms with van der Waals surface area (Å²) in [6.45, 7) is 9.66. The highest BCUT2D eigenvalue weighted by molar-refractivity contribution is 7.90. The molecule has 0 heterocycles. The number of hydrogen-bond acceptors (Lipinski definition) is 4. The Labute approximate surface area is 174 Å². The molecule has 1 atom stereocenters. The summed E-state index contributed by atoms with van der Waals surface area (Å²) in [5.41, 5.74) is 2.89. The minimum atomic E-state index is -3.21. The molecule has 1 unspecified atom stereocenters. The summed E-state index contributed by atoms with van der Waals surface area (Å²) < 4.78 is 29.4. The van der Waals surface area contributed by atoms with Crippen molar-refractivity contribution in [3.05, 3.63) is 59.2 Å². The van der Waals surface area contributed by atoms with Crippen LogP contribution in [0.1, 0.15) is 30.5 Å². The van der Waals surface area contributed by atoms with Crippen molar-refractivity contribution in [1.82, 2.24) is 10.6 Å². The van der Waals surface area contributed by atoms with Crippen LogP contribution in [-0.2, 0) is 16.4 Å². The third kappa shape index (κ3) is 7.42. The van der Waals surface area contributed by atoms with Crippen molar-refractivity contribution in [2.75, 3.05) is 19.3 Å². The summed E-state index contributed by atoms with van der Waals surface area (Å²) in [6.07, 6.45) is 1.19. The molecule has 0 radical (unpaired) electrons. The van der Waals surface area contributed by atoms with Crippen LogP contribution >= 0.6 is 0 Å². The Morgan fingerprint density at radius 1 is 1.10 bits per heavy atom. The normalized spacial score (nSPS) is 13.1. The molecule has 6 nitrogen and oxygen atoms in total. The largest absolute Gasteiger partial charge is 0.489 e. The number of rotatable bonds is 8. The molecule has 0 aliphatic heterocycles. The highest BCUT2D eigenvalue weighted by atomic mass is 32.2. The summed E-state index contributed by atoms with van der Waals surface area (Å²) in [6, 6.07) is 13.3. The first-order valence-corrected chi connectivity index (χ1v) is 11.6. The van der Waals surface area contributed by atoms with Crippen molar-refractivity contribution in [1.29, 1.82) is 0 Å². The summed E-state index contributed by atoms with van der Waals surface area (Å²) >= 11 is 0. The van der Waals surface area contributed by atoms with Crippen molar-refractivity contribution in [2.45, 2.75) is 45.2 Å². The Hall–Kier alpha value is -2.54. The van der Waals surface area contributed by atoms with Gasteiger partial charge in [-0.15, -0.1) is 0 Å². The van der Waals surface area contributed by atoms with E-state index in [0.29, 0.717) is 23.9 Å². The van der Waals surface area contributed by atoms with Gasteiger partial charge in [0, 0.05) is 12.8 Å². The van der Waals surface area contributed by atoms with Gasteiger partial charge in [0.1, 0.15) is 11.9 Å². The van der Waals surface area contributed by atoms with Gasteiger partial charge >= 0.3 is 0 Å². The van der Waals surface area contributed by atoms with E-state index < -0.39 is 9.84 Å². The average molecular weight is 418 g/mol. The molecule has 0 saturated heterocycles. The third-order valence-electron chi connectivity index (χ3n) is 4.32. The van der Waals surface area contributed by atoms with Gasteiger partial charge in [0.25, 0.3) is 0 Å². The molecule has 2 aromatic rings. The fourth-order valence-electron chi connectivity index (χ4n) is 2.87. The molecule has 0 aliphatic carbocycles. The van der Waals surface area contributed by atoms with Gasteiger partial charge in [0.15, 0.2) is 15.8 Å². The molecule has 2 aromatic carbocycles. The number of sulfone groups is 1. The van der Waals surface area contributed by atoms with Gasteiger partial charge in [0.2, 0.25) is 0 Å². The lowest BCUT2D eigenvalue weighted by Gasteiger charge is -2.18. The zero-order chi connectivity index (χ0) is 21.4. The van der Waals surface area contributed by atoms with Crippen LogP contribution in [0.5, 0.6) is 5.75 Å². The van der Waals surface area contributed by atoms with Gasteiger partial charge in [-0.05, 0) is 57.0 Å². The third-order valence-corrected chi connectivity index (χ3v) is 5.57. The van der Waals surface area contributed by atoms with E-state index in [-0.39, 0.29) is 6.10 Å². The van der Waals surface area contributed by atoms with E-state index in [1.165, 1.54) is 11.8 Å². The first-order chi connectivity index (χ1) is 13.7. The lowest BCUT2D eigenvalue weighted by atomic mass is 10.1. The summed E-state index contributed by atoms with van der Waals surface area (Å²) in [4.78, 5) is 4.96. The molecule has 2 N–H and O–H groups in total. The molecular formula is C22H31N3O3S. The van der Waals surface area contributed by atoms with Gasteiger partial charge in [-0.1, -0.05) is 29.8 Å². The number of ether oxygens (including phenoxy) is 1. The fraction of sp³-hybridized carbons (Fsp3) is 0.409. The first-order valence-electron chi connectivity index (χ1n) is 9.74. The van der Waals surface area contributed by atoms with Crippen LogP contribution in [0.4, 0.5) is 0 Å².